The normalized spacial score (nSPS) is 40.0. The Labute approximate surface area is 118 Å². The number of carboxylic acids is 1. The molecule has 1 unspecified atom stereocenters. The molecule has 4 fully saturated rings. The lowest BCUT2D eigenvalue weighted by Gasteiger charge is -2.58. The van der Waals surface area contributed by atoms with E-state index in [0.29, 0.717) is 5.82 Å². The van der Waals surface area contributed by atoms with E-state index in [1.54, 1.807) is 4.68 Å². The van der Waals surface area contributed by atoms with E-state index in [0.717, 1.165) is 37.0 Å². The number of hydrogen-bond donors (Lipinski definition) is 1. The molecule has 1 aromatic heterocycles. The van der Waals surface area contributed by atoms with E-state index in [2.05, 4.69) is 10.1 Å². The summed E-state index contributed by atoms with van der Waals surface area (Å²) in [5.41, 5.74) is -0.0843. The molecule has 1 atom stereocenters. The van der Waals surface area contributed by atoms with Gasteiger partial charge in [0.25, 0.3) is 0 Å². The Morgan fingerprint density at radius 2 is 1.85 bits per heavy atom. The van der Waals surface area contributed by atoms with Crippen molar-refractivity contribution >= 4 is 5.97 Å². The molecule has 0 saturated heterocycles. The molecule has 0 radical (unpaired) electrons. The van der Waals surface area contributed by atoms with Crippen LogP contribution in [0.15, 0.2) is 6.33 Å². The Morgan fingerprint density at radius 3 is 2.25 bits per heavy atom. The molecular weight excluding hydrogens is 254 g/mol. The average molecular weight is 275 g/mol. The van der Waals surface area contributed by atoms with E-state index in [1.165, 1.54) is 25.6 Å². The van der Waals surface area contributed by atoms with E-state index in [1.807, 2.05) is 6.92 Å². The minimum absolute atomic E-state index is 0.0843. The Morgan fingerprint density at radius 1 is 1.30 bits per heavy atom. The number of rotatable bonds is 3. The van der Waals surface area contributed by atoms with Crippen molar-refractivity contribution in [2.24, 2.45) is 23.2 Å². The van der Waals surface area contributed by atoms with Crippen molar-refractivity contribution in [3.8, 4) is 0 Å². The lowest BCUT2D eigenvalue weighted by molar-refractivity contribution is -0.156. The van der Waals surface area contributed by atoms with Crippen LogP contribution in [0.3, 0.4) is 0 Å². The van der Waals surface area contributed by atoms with Gasteiger partial charge in [-0.25, -0.2) is 14.5 Å². The van der Waals surface area contributed by atoms with Crippen LogP contribution < -0.4 is 0 Å². The fraction of sp³-hybridized carbons (Fsp3) is 0.800. The number of aliphatic carboxylic acids is 1. The topological polar surface area (TPSA) is 68.0 Å². The van der Waals surface area contributed by atoms with E-state index in [9.17, 15) is 9.90 Å². The number of aromatic nitrogens is 3. The predicted octanol–water partition coefficient (Wildman–Crippen LogP) is 2.43. The molecule has 5 heteroatoms. The standard InChI is InChI=1S/C15H21N3O2/c1-9-16-8-17-18(9)13(14(19)20)15-5-10-2-11(6-15)4-12(3-10)7-15/h8,10-13H,2-7H2,1H3,(H,19,20). The highest BCUT2D eigenvalue weighted by atomic mass is 16.4. The van der Waals surface area contributed by atoms with Crippen molar-refractivity contribution in [2.45, 2.75) is 51.5 Å². The molecule has 5 rings (SSSR count). The Hall–Kier alpha value is -1.39. The summed E-state index contributed by atoms with van der Waals surface area (Å²) < 4.78 is 1.66. The van der Waals surface area contributed by atoms with Gasteiger partial charge in [-0.2, -0.15) is 5.10 Å². The molecule has 0 amide bonds. The summed E-state index contributed by atoms with van der Waals surface area (Å²) in [6, 6.07) is -0.529. The molecule has 108 valence electrons. The van der Waals surface area contributed by atoms with Gasteiger partial charge in [-0.3, -0.25) is 0 Å². The zero-order valence-electron chi connectivity index (χ0n) is 11.8. The number of aryl methyl sites for hydroxylation is 1. The Bertz CT molecular complexity index is 516. The van der Waals surface area contributed by atoms with Gasteiger partial charge < -0.3 is 5.11 Å². The van der Waals surface area contributed by atoms with Gasteiger partial charge in [0, 0.05) is 5.41 Å². The van der Waals surface area contributed by atoms with Crippen molar-refractivity contribution in [1.29, 1.82) is 0 Å². The van der Waals surface area contributed by atoms with E-state index in [-0.39, 0.29) is 5.41 Å². The third kappa shape index (κ3) is 1.64. The van der Waals surface area contributed by atoms with E-state index in [4.69, 9.17) is 0 Å². The number of nitrogens with zero attached hydrogens (tertiary/aromatic N) is 3. The smallest absolute Gasteiger partial charge is 0.329 e. The first kappa shape index (κ1) is 12.4. The van der Waals surface area contributed by atoms with Crippen molar-refractivity contribution in [3.05, 3.63) is 12.2 Å². The molecule has 0 aliphatic heterocycles. The van der Waals surface area contributed by atoms with Gasteiger partial charge in [-0.15, -0.1) is 0 Å². The maximum Gasteiger partial charge on any atom is 0.329 e. The largest absolute Gasteiger partial charge is 0.480 e. The molecule has 4 aliphatic rings. The van der Waals surface area contributed by atoms with Crippen LogP contribution >= 0.6 is 0 Å². The van der Waals surface area contributed by atoms with Gasteiger partial charge in [0.1, 0.15) is 12.2 Å². The molecule has 1 heterocycles. The molecule has 20 heavy (non-hydrogen) atoms. The molecule has 0 spiro atoms. The minimum atomic E-state index is -0.736. The molecule has 4 bridgehead atoms. The second-order valence-corrected chi connectivity index (χ2v) is 7.27. The van der Waals surface area contributed by atoms with Crippen molar-refractivity contribution in [1.82, 2.24) is 14.8 Å². The fourth-order valence-corrected chi connectivity index (χ4v) is 5.70. The summed E-state index contributed by atoms with van der Waals surface area (Å²) >= 11 is 0. The highest BCUT2D eigenvalue weighted by Gasteiger charge is 2.57. The first-order valence-corrected chi connectivity index (χ1v) is 7.66. The van der Waals surface area contributed by atoms with Crippen LogP contribution in [0.5, 0.6) is 0 Å². The Kier molecular flexibility index (Phi) is 2.51. The zero-order chi connectivity index (χ0) is 13.9. The highest BCUT2D eigenvalue weighted by Crippen LogP contribution is 2.63. The number of carboxylic acid groups (broad SMARTS) is 1. The second kappa shape index (κ2) is 4.06. The first-order chi connectivity index (χ1) is 9.57. The molecule has 4 saturated carbocycles. The molecule has 5 nitrogen and oxygen atoms in total. The van der Waals surface area contributed by atoms with Crippen molar-refractivity contribution in [2.75, 3.05) is 0 Å². The van der Waals surface area contributed by atoms with Crippen LogP contribution in [0, 0.1) is 30.1 Å². The van der Waals surface area contributed by atoms with Crippen LogP contribution in [-0.2, 0) is 4.79 Å². The molecular formula is C15H21N3O2. The molecule has 1 N–H and O–H groups in total. The van der Waals surface area contributed by atoms with Crippen LogP contribution in [0.4, 0.5) is 0 Å². The van der Waals surface area contributed by atoms with Gasteiger partial charge in [-0.1, -0.05) is 0 Å². The minimum Gasteiger partial charge on any atom is -0.480 e. The third-order valence-corrected chi connectivity index (χ3v) is 5.90. The fourth-order valence-electron chi connectivity index (χ4n) is 5.70. The summed E-state index contributed by atoms with van der Waals surface area (Å²) in [5, 5.41) is 14.1. The summed E-state index contributed by atoms with van der Waals surface area (Å²) in [6.45, 7) is 1.85. The predicted molar refractivity (Wildman–Crippen MR) is 72.0 cm³/mol. The lowest BCUT2D eigenvalue weighted by Crippen LogP contribution is -2.52. The summed E-state index contributed by atoms with van der Waals surface area (Å²) in [7, 11) is 0. The number of carbonyl (C=O) groups is 1. The average Bonchev–Trinajstić information content (AvgIpc) is 2.73. The van der Waals surface area contributed by atoms with Gasteiger partial charge in [0.2, 0.25) is 0 Å². The quantitative estimate of drug-likeness (QED) is 0.920. The summed E-state index contributed by atoms with van der Waals surface area (Å²) in [6.07, 6.45) is 8.64. The Balaban J connectivity index is 1.77. The lowest BCUT2D eigenvalue weighted by atomic mass is 9.47. The van der Waals surface area contributed by atoms with Gasteiger partial charge in [0.05, 0.1) is 0 Å². The van der Waals surface area contributed by atoms with E-state index < -0.39 is 12.0 Å². The highest BCUT2D eigenvalue weighted by molar-refractivity contribution is 5.73. The van der Waals surface area contributed by atoms with Gasteiger partial charge in [0.15, 0.2) is 6.04 Å². The number of hydrogen-bond acceptors (Lipinski definition) is 3. The second-order valence-electron chi connectivity index (χ2n) is 7.27. The van der Waals surface area contributed by atoms with Crippen molar-refractivity contribution < 1.29 is 9.90 Å². The van der Waals surface area contributed by atoms with Crippen molar-refractivity contribution in [3.63, 3.8) is 0 Å². The molecule has 0 aromatic carbocycles. The molecule has 4 aliphatic carbocycles. The summed E-state index contributed by atoms with van der Waals surface area (Å²) in [5.74, 6) is 2.21. The zero-order valence-corrected chi connectivity index (χ0v) is 11.8. The van der Waals surface area contributed by atoms with Crippen LogP contribution in [0.1, 0.15) is 50.4 Å². The van der Waals surface area contributed by atoms with Gasteiger partial charge in [-0.05, 0) is 63.2 Å². The first-order valence-electron chi connectivity index (χ1n) is 7.66. The third-order valence-electron chi connectivity index (χ3n) is 5.90. The van der Waals surface area contributed by atoms with E-state index >= 15 is 0 Å². The maximum absolute atomic E-state index is 12.0. The monoisotopic (exact) mass is 275 g/mol. The maximum atomic E-state index is 12.0. The summed E-state index contributed by atoms with van der Waals surface area (Å²) in [4.78, 5) is 16.1. The SMILES string of the molecule is Cc1ncnn1C(C(=O)O)C12CC3CC(CC(C3)C1)C2. The van der Waals surface area contributed by atoms with Crippen LogP contribution in [0.2, 0.25) is 0 Å². The molecule has 1 aromatic rings. The van der Waals surface area contributed by atoms with Gasteiger partial charge >= 0.3 is 5.97 Å². The van der Waals surface area contributed by atoms with Crippen LogP contribution in [0.25, 0.3) is 0 Å². The van der Waals surface area contributed by atoms with Crippen LogP contribution in [-0.4, -0.2) is 25.8 Å².